The second kappa shape index (κ2) is 8.23. The molecular weight excluding hydrogens is 365 g/mol. The van der Waals surface area contributed by atoms with Crippen LogP contribution >= 0.6 is 0 Å². The first-order valence-corrected chi connectivity index (χ1v) is 9.92. The van der Waals surface area contributed by atoms with Crippen molar-refractivity contribution in [3.05, 3.63) is 65.4 Å². The highest BCUT2D eigenvalue weighted by atomic mass is 16.3. The van der Waals surface area contributed by atoms with Crippen molar-refractivity contribution >= 4 is 36.4 Å². The zero-order valence-electron chi connectivity index (χ0n) is 16.4. The van der Waals surface area contributed by atoms with Crippen molar-refractivity contribution in [2.75, 3.05) is 18.4 Å². The van der Waals surface area contributed by atoms with Gasteiger partial charge in [-0.25, -0.2) is 0 Å². The molecule has 2 amide bonds. The molecule has 2 aliphatic heterocycles. The second-order valence-corrected chi connectivity index (χ2v) is 7.74. The highest BCUT2D eigenvalue weighted by Crippen LogP contribution is 2.23. The Morgan fingerprint density at radius 1 is 1.07 bits per heavy atom. The maximum atomic E-state index is 12.3. The van der Waals surface area contributed by atoms with Gasteiger partial charge in [0.05, 0.1) is 11.7 Å². The first-order valence-electron chi connectivity index (χ1n) is 9.92. The van der Waals surface area contributed by atoms with E-state index in [1.807, 2.05) is 32.1 Å². The summed E-state index contributed by atoms with van der Waals surface area (Å²) in [6.07, 6.45) is 3.16. The molecule has 1 saturated heterocycles. The molecule has 148 valence electrons. The third kappa shape index (κ3) is 4.41. The van der Waals surface area contributed by atoms with Crippen LogP contribution in [0, 0.1) is 0 Å². The van der Waals surface area contributed by atoms with Gasteiger partial charge in [-0.05, 0) is 36.6 Å². The smallest absolute Gasteiger partial charge is 0.260 e. The fraction of sp³-hybridized carbons (Fsp3) is 0.273. The number of aliphatic hydroxyl groups is 1. The summed E-state index contributed by atoms with van der Waals surface area (Å²) in [6, 6.07) is 13.6. The average Bonchev–Trinajstić information content (AvgIpc) is 2.70. The minimum atomic E-state index is -0.399. The summed E-state index contributed by atoms with van der Waals surface area (Å²) in [5.74, 6) is -0.763. The summed E-state index contributed by atoms with van der Waals surface area (Å²) in [7, 11) is 1.93. The highest BCUT2D eigenvalue weighted by Gasteiger charge is 2.27. The Morgan fingerprint density at radius 2 is 1.79 bits per heavy atom. The van der Waals surface area contributed by atoms with Gasteiger partial charge < -0.3 is 10.4 Å². The Labute approximate surface area is 171 Å². The lowest BCUT2D eigenvalue weighted by Gasteiger charge is -2.29. The fourth-order valence-electron chi connectivity index (χ4n) is 3.78. The van der Waals surface area contributed by atoms with Crippen LogP contribution in [0.15, 0.2) is 48.7 Å². The summed E-state index contributed by atoms with van der Waals surface area (Å²) in [6.45, 7) is 2.70. The van der Waals surface area contributed by atoms with Gasteiger partial charge in [0.1, 0.15) is 7.85 Å². The topological polar surface area (TPSA) is 81.7 Å². The number of hydrogen-bond acceptors (Lipinski definition) is 5. The first-order chi connectivity index (χ1) is 14.0. The van der Waals surface area contributed by atoms with Crippen molar-refractivity contribution < 1.29 is 14.7 Å². The van der Waals surface area contributed by atoms with Gasteiger partial charge >= 0.3 is 0 Å². The van der Waals surface area contributed by atoms with E-state index in [0.29, 0.717) is 16.7 Å². The van der Waals surface area contributed by atoms with Gasteiger partial charge in [0.2, 0.25) is 0 Å². The van der Waals surface area contributed by atoms with E-state index in [2.05, 4.69) is 27.7 Å². The molecule has 0 aromatic heterocycles. The number of aliphatic hydroxyl groups excluding tert-OH is 1. The number of amides is 2. The van der Waals surface area contributed by atoms with Crippen LogP contribution in [0.3, 0.4) is 0 Å². The van der Waals surface area contributed by atoms with Gasteiger partial charge in [-0.15, -0.1) is 0 Å². The third-order valence-electron chi connectivity index (χ3n) is 5.48. The minimum Gasteiger partial charge on any atom is -0.393 e. The molecule has 2 aliphatic rings. The van der Waals surface area contributed by atoms with E-state index in [-0.39, 0.29) is 12.0 Å². The van der Waals surface area contributed by atoms with Crippen molar-refractivity contribution in [3.63, 3.8) is 0 Å². The SMILES string of the molecule is Bc1ccc2c(c1)/C(=C/Nc1ccc(CN3CCC(O)CC3)cc1)C(=O)NC2=O. The number of piperidine rings is 1. The fourth-order valence-corrected chi connectivity index (χ4v) is 3.78. The van der Waals surface area contributed by atoms with Gasteiger partial charge in [0.25, 0.3) is 11.8 Å². The van der Waals surface area contributed by atoms with Crippen molar-refractivity contribution in [2.45, 2.75) is 25.5 Å². The number of fused-ring (bicyclic) bond motifs is 1. The molecule has 1 fully saturated rings. The van der Waals surface area contributed by atoms with E-state index in [1.165, 1.54) is 5.56 Å². The Balaban J connectivity index is 1.46. The number of carbonyl (C=O) groups excluding carboxylic acids is 2. The number of nitrogens with one attached hydrogen (secondary N) is 2. The largest absolute Gasteiger partial charge is 0.393 e. The van der Waals surface area contributed by atoms with E-state index in [1.54, 1.807) is 12.3 Å². The Kier molecular flexibility index (Phi) is 5.51. The molecule has 2 aromatic rings. The standard InChI is InChI=1S/C22H24BN3O3/c23-15-3-6-18-19(11-15)20(22(29)25-21(18)28)12-24-16-4-1-14(2-5-16)13-26-9-7-17(27)8-10-26/h1-6,11-12,17,24,27H,7-10,13,23H2,(H,25,28,29)/b20-12-. The molecular formula is C22H24BN3O3. The van der Waals surface area contributed by atoms with Crippen LogP contribution in [0.2, 0.25) is 0 Å². The lowest BCUT2D eigenvalue weighted by molar-refractivity contribution is -0.114. The van der Waals surface area contributed by atoms with E-state index in [0.717, 1.165) is 43.6 Å². The molecule has 0 atom stereocenters. The minimum absolute atomic E-state index is 0.160. The van der Waals surface area contributed by atoms with Crippen LogP contribution in [0.1, 0.15) is 34.3 Å². The molecule has 0 radical (unpaired) electrons. The number of nitrogens with zero attached hydrogens (tertiary/aromatic N) is 1. The molecule has 0 aliphatic carbocycles. The van der Waals surface area contributed by atoms with Crippen LogP contribution in [-0.2, 0) is 11.3 Å². The highest BCUT2D eigenvalue weighted by molar-refractivity contribution is 6.35. The molecule has 6 nitrogen and oxygen atoms in total. The van der Waals surface area contributed by atoms with Gasteiger partial charge in [-0.2, -0.15) is 0 Å². The summed E-state index contributed by atoms with van der Waals surface area (Å²) in [5, 5.41) is 15.2. The Hall–Kier alpha value is -2.90. The van der Waals surface area contributed by atoms with Crippen molar-refractivity contribution in [3.8, 4) is 0 Å². The van der Waals surface area contributed by atoms with E-state index >= 15 is 0 Å². The van der Waals surface area contributed by atoms with Crippen molar-refractivity contribution in [2.24, 2.45) is 0 Å². The molecule has 0 saturated carbocycles. The molecule has 2 aromatic carbocycles. The molecule has 3 N–H and O–H groups in total. The molecule has 29 heavy (non-hydrogen) atoms. The summed E-state index contributed by atoms with van der Waals surface area (Å²) in [4.78, 5) is 26.7. The number of carbonyl (C=O) groups is 2. The summed E-state index contributed by atoms with van der Waals surface area (Å²) >= 11 is 0. The number of anilines is 1. The van der Waals surface area contributed by atoms with E-state index in [4.69, 9.17) is 0 Å². The van der Waals surface area contributed by atoms with E-state index < -0.39 is 5.91 Å². The summed E-state index contributed by atoms with van der Waals surface area (Å²) < 4.78 is 0. The van der Waals surface area contributed by atoms with Gasteiger partial charge in [-0.3, -0.25) is 19.8 Å². The molecule has 0 bridgehead atoms. The maximum Gasteiger partial charge on any atom is 0.260 e. The quantitative estimate of drug-likeness (QED) is 0.406. The average molecular weight is 389 g/mol. The zero-order valence-corrected chi connectivity index (χ0v) is 16.4. The van der Waals surface area contributed by atoms with Gasteiger partial charge in [0, 0.05) is 42.6 Å². The molecule has 2 heterocycles. The molecule has 0 spiro atoms. The lowest BCUT2D eigenvalue weighted by atomic mass is 9.87. The van der Waals surface area contributed by atoms with Gasteiger partial charge in [0.15, 0.2) is 0 Å². The zero-order chi connectivity index (χ0) is 20.4. The number of likely N-dealkylation sites (tertiary alicyclic amines) is 1. The van der Waals surface area contributed by atoms with E-state index in [9.17, 15) is 14.7 Å². The predicted octanol–water partition coefficient (Wildman–Crippen LogP) is 0.625. The van der Waals surface area contributed by atoms with Crippen LogP contribution in [0.4, 0.5) is 5.69 Å². The van der Waals surface area contributed by atoms with Crippen LogP contribution < -0.4 is 16.1 Å². The van der Waals surface area contributed by atoms with Crippen molar-refractivity contribution in [1.82, 2.24) is 10.2 Å². The number of imide groups is 1. The normalized spacial score (nSPS) is 19.1. The van der Waals surface area contributed by atoms with Crippen molar-refractivity contribution in [1.29, 1.82) is 0 Å². The Morgan fingerprint density at radius 3 is 2.52 bits per heavy atom. The first kappa shape index (κ1) is 19.4. The van der Waals surface area contributed by atoms with Crippen LogP contribution in [0.5, 0.6) is 0 Å². The molecule has 4 rings (SSSR count). The van der Waals surface area contributed by atoms with Crippen LogP contribution in [-0.4, -0.2) is 48.9 Å². The molecule has 7 heteroatoms. The summed E-state index contributed by atoms with van der Waals surface area (Å²) in [5.41, 5.74) is 4.67. The van der Waals surface area contributed by atoms with Gasteiger partial charge in [-0.1, -0.05) is 29.7 Å². The predicted molar refractivity (Wildman–Crippen MR) is 116 cm³/mol. The van der Waals surface area contributed by atoms with Crippen LogP contribution in [0.25, 0.3) is 5.57 Å². The number of hydrogen-bond donors (Lipinski definition) is 3. The Bertz CT molecular complexity index is 964. The maximum absolute atomic E-state index is 12.3. The number of benzene rings is 2. The lowest BCUT2D eigenvalue weighted by Crippen LogP contribution is -2.37. The molecule has 0 unspecified atom stereocenters. The monoisotopic (exact) mass is 389 g/mol. The number of rotatable bonds is 4. The second-order valence-electron chi connectivity index (χ2n) is 7.74. The third-order valence-corrected chi connectivity index (χ3v) is 5.48.